The van der Waals surface area contributed by atoms with E-state index in [1.807, 2.05) is 17.0 Å². The molecule has 2 aliphatic heterocycles. The van der Waals surface area contributed by atoms with Crippen molar-refractivity contribution >= 4 is 5.91 Å². The number of carbonyl (C=O) groups excluding carboxylic acids is 1. The van der Waals surface area contributed by atoms with Gasteiger partial charge in [-0.25, -0.2) is 0 Å². The zero-order valence-corrected chi connectivity index (χ0v) is 10.6. The second kappa shape index (κ2) is 4.69. The first kappa shape index (κ1) is 11.7. The largest absolute Gasteiger partial charge is 0.337 e. The molecule has 0 atom stereocenters. The Morgan fingerprint density at radius 3 is 2.72 bits per heavy atom. The summed E-state index contributed by atoms with van der Waals surface area (Å²) in [6.07, 6.45) is 5.19. The number of hydrogen-bond acceptors (Lipinski definition) is 3. The predicted molar refractivity (Wildman–Crippen MR) is 69.3 cm³/mol. The number of rotatable bonds is 1. The average molecular weight is 245 g/mol. The molecule has 0 unspecified atom stereocenters. The van der Waals surface area contributed by atoms with Crippen LogP contribution in [-0.4, -0.2) is 42.0 Å². The Kier molecular flexibility index (Phi) is 3.04. The molecule has 3 heterocycles. The molecule has 2 aliphatic rings. The van der Waals surface area contributed by atoms with E-state index in [4.69, 9.17) is 0 Å². The summed E-state index contributed by atoms with van der Waals surface area (Å²) in [5.41, 5.74) is 1.03. The Balaban J connectivity index is 1.64. The van der Waals surface area contributed by atoms with Gasteiger partial charge in [0, 0.05) is 25.8 Å². The van der Waals surface area contributed by atoms with Crippen LogP contribution in [0.25, 0.3) is 0 Å². The molecule has 2 saturated heterocycles. The van der Waals surface area contributed by atoms with Crippen LogP contribution in [0.2, 0.25) is 0 Å². The Morgan fingerprint density at radius 1 is 1.28 bits per heavy atom. The van der Waals surface area contributed by atoms with Crippen molar-refractivity contribution in [3.05, 3.63) is 30.1 Å². The molecule has 3 rings (SSSR count). The highest BCUT2D eigenvalue weighted by Crippen LogP contribution is 2.37. The number of amides is 1. The summed E-state index contributed by atoms with van der Waals surface area (Å²) in [5, 5.41) is 3.44. The molecule has 4 nitrogen and oxygen atoms in total. The van der Waals surface area contributed by atoms with Crippen LogP contribution in [0.3, 0.4) is 0 Å². The van der Waals surface area contributed by atoms with Crippen molar-refractivity contribution in [3.8, 4) is 0 Å². The molecule has 18 heavy (non-hydrogen) atoms. The van der Waals surface area contributed by atoms with Gasteiger partial charge in [-0.1, -0.05) is 6.07 Å². The molecule has 0 saturated carbocycles. The Morgan fingerprint density at radius 2 is 2.11 bits per heavy atom. The summed E-state index contributed by atoms with van der Waals surface area (Å²) >= 11 is 0. The first-order valence-electron chi connectivity index (χ1n) is 6.70. The van der Waals surface area contributed by atoms with E-state index in [1.165, 1.54) is 6.42 Å². The molecule has 0 radical (unpaired) electrons. The SMILES string of the molecule is O=C(c1ccccn1)N1CCC2(CCNC2)CC1. The number of carbonyl (C=O) groups is 1. The van der Waals surface area contributed by atoms with E-state index in [0.29, 0.717) is 11.1 Å². The number of pyridine rings is 1. The van der Waals surface area contributed by atoms with Crippen LogP contribution in [0.15, 0.2) is 24.4 Å². The van der Waals surface area contributed by atoms with Crippen LogP contribution in [-0.2, 0) is 0 Å². The Labute approximate surface area is 107 Å². The van der Waals surface area contributed by atoms with E-state index >= 15 is 0 Å². The lowest BCUT2D eigenvalue weighted by Gasteiger charge is -2.38. The third kappa shape index (κ3) is 2.12. The molecule has 1 aromatic heterocycles. The van der Waals surface area contributed by atoms with E-state index in [2.05, 4.69) is 10.3 Å². The van der Waals surface area contributed by atoms with Crippen molar-refractivity contribution in [2.45, 2.75) is 19.3 Å². The molecule has 0 bridgehead atoms. The van der Waals surface area contributed by atoms with E-state index < -0.39 is 0 Å². The lowest BCUT2D eigenvalue weighted by Crippen LogP contribution is -2.44. The van der Waals surface area contributed by atoms with Crippen LogP contribution < -0.4 is 5.32 Å². The van der Waals surface area contributed by atoms with E-state index in [0.717, 1.165) is 39.0 Å². The molecule has 1 amide bonds. The van der Waals surface area contributed by atoms with E-state index in [-0.39, 0.29) is 5.91 Å². The average Bonchev–Trinajstić information content (AvgIpc) is 2.88. The van der Waals surface area contributed by atoms with Gasteiger partial charge in [-0.3, -0.25) is 9.78 Å². The van der Waals surface area contributed by atoms with Crippen molar-refractivity contribution in [3.63, 3.8) is 0 Å². The van der Waals surface area contributed by atoms with Crippen LogP contribution in [0.1, 0.15) is 29.8 Å². The fourth-order valence-corrected chi connectivity index (χ4v) is 3.06. The standard InChI is InChI=1S/C14H19N3O/c18-13(12-3-1-2-7-16-12)17-9-5-14(6-10-17)4-8-15-11-14/h1-3,7,15H,4-6,8-11H2. The number of aromatic nitrogens is 1. The maximum atomic E-state index is 12.3. The number of nitrogens with one attached hydrogen (secondary N) is 1. The molecule has 0 aromatic carbocycles. The van der Waals surface area contributed by atoms with Crippen molar-refractivity contribution in [1.29, 1.82) is 0 Å². The quantitative estimate of drug-likeness (QED) is 0.811. The smallest absolute Gasteiger partial charge is 0.272 e. The van der Waals surface area contributed by atoms with Gasteiger partial charge in [0.25, 0.3) is 5.91 Å². The summed E-state index contributed by atoms with van der Waals surface area (Å²) in [4.78, 5) is 18.3. The van der Waals surface area contributed by atoms with Gasteiger partial charge in [0.05, 0.1) is 0 Å². The summed E-state index contributed by atoms with van der Waals surface area (Å²) in [5.74, 6) is 0.0800. The molecule has 0 aliphatic carbocycles. The minimum absolute atomic E-state index is 0.0800. The predicted octanol–water partition coefficient (Wildman–Crippen LogP) is 1.30. The Bertz CT molecular complexity index is 416. The van der Waals surface area contributed by atoms with Crippen LogP contribution in [0.4, 0.5) is 0 Å². The summed E-state index contributed by atoms with van der Waals surface area (Å²) in [6, 6.07) is 5.50. The highest BCUT2D eigenvalue weighted by molar-refractivity contribution is 5.92. The molecule has 1 aromatic rings. The normalized spacial score (nSPS) is 22.3. The first-order valence-corrected chi connectivity index (χ1v) is 6.70. The topological polar surface area (TPSA) is 45.2 Å². The summed E-state index contributed by atoms with van der Waals surface area (Å²) < 4.78 is 0. The molecule has 2 fully saturated rings. The van der Waals surface area contributed by atoms with Gasteiger partial charge >= 0.3 is 0 Å². The van der Waals surface area contributed by atoms with Gasteiger partial charge in [-0.05, 0) is 43.4 Å². The highest BCUT2D eigenvalue weighted by atomic mass is 16.2. The van der Waals surface area contributed by atoms with Crippen molar-refractivity contribution in [2.24, 2.45) is 5.41 Å². The fraction of sp³-hybridized carbons (Fsp3) is 0.571. The van der Waals surface area contributed by atoms with Crippen molar-refractivity contribution < 1.29 is 4.79 Å². The van der Waals surface area contributed by atoms with E-state index in [9.17, 15) is 4.79 Å². The molecular formula is C14H19N3O. The van der Waals surface area contributed by atoms with Crippen molar-refractivity contribution in [2.75, 3.05) is 26.2 Å². The van der Waals surface area contributed by atoms with Crippen LogP contribution in [0.5, 0.6) is 0 Å². The van der Waals surface area contributed by atoms with E-state index in [1.54, 1.807) is 12.3 Å². The zero-order valence-electron chi connectivity index (χ0n) is 10.6. The summed E-state index contributed by atoms with van der Waals surface area (Å²) in [6.45, 7) is 4.00. The number of likely N-dealkylation sites (tertiary alicyclic amines) is 1. The molecule has 1 spiro atoms. The maximum Gasteiger partial charge on any atom is 0.272 e. The van der Waals surface area contributed by atoms with Gasteiger partial charge in [0.2, 0.25) is 0 Å². The number of piperidine rings is 1. The first-order chi connectivity index (χ1) is 8.79. The van der Waals surface area contributed by atoms with Crippen molar-refractivity contribution in [1.82, 2.24) is 15.2 Å². The summed E-state index contributed by atoms with van der Waals surface area (Å²) in [7, 11) is 0. The van der Waals surface area contributed by atoms with Gasteiger partial charge in [-0.15, -0.1) is 0 Å². The highest BCUT2D eigenvalue weighted by Gasteiger charge is 2.38. The molecule has 96 valence electrons. The minimum Gasteiger partial charge on any atom is -0.337 e. The van der Waals surface area contributed by atoms with Gasteiger partial charge in [-0.2, -0.15) is 0 Å². The van der Waals surface area contributed by atoms with Gasteiger partial charge in [0.1, 0.15) is 5.69 Å². The lowest BCUT2D eigenvalue weighted by atomic mass is 9.78. The lowest BCUT2D eigenvalue weighted by molar-refractivity contribution is 0.0602. The second-order valence-corrected chi connectivity index (χ2v) is 5.43. The molecule has 1 N–H and O–H groups in total. The second-order valence-electron chi connectivity index (χ2n) is 5.43. The van der Waals surface area contributed by atoms with Gasteiger partial charge < -0.3 is 10.2 Å². The third-order valence-electron chi connectivity index (χ3n) is 4.33. The maximum absolute atomic E-state index is 12.3. The van der Waals surface area contributed by atoms with Gasteiger partial charge in [0.15, 0.2) is 0 Å². The number of hydrogen-bond donors (Lipinski definition) is 1. The zero-order chi connectivity index (χ0) is 12.4. The monoisotopic (exact) mass is 245 g/mol. The molecule has 4 heteroatoms. The fourth-order valence-electron chi connectivity index (χ4n) is 3.06. The van der Waals surface area contributed by atoms with Crippen LogP contribution in [0, 0.1) is 5.41 Å². The third-order valence-corrected chi connectivity index (χ3v) is 4.33. The minimum atomic E-state index is 0.0800. The molecular weight excluding hydrogens is 226 g/mol. The van der Waals surface area contributed by atoms with Crippen LogP contribution >= 0.6 is 0 Å². The number of nitrogens with zero attached hydrogens (tertiary/aromatic N) is 2. The Hall–Kier alpha value is -1.42.